The Morgan fingerprint density at radius 3 is 2.67 bits per heavy atom. The molecular weight excluding hydrogens is 455 g/mol. The summed E-state index contributed by atoms with van der Waals surface area (Å²) in [6, 6.07) is 9.46. The summed E-state index contributed by atoms with van der Waals surface area (Å²) in [6.45, 7) is 1.06. The fourth-order valence-corrected chi connectivity index (χ4v) is 6.75. The van der Waals surface area contributed by atoms with Crippen molar-refractivity contribution in [2.75, 3.05) is 19.6 Å². The SMILES string of the molecule is O=C(NCCc1ccc(F)cc1)C1CCCN(S(=O)(=O)c2ccc(Br)s2)C1. The van der Waals surface area contributed by atoms with Crippen LogP contribution in [0.2, 0.25) is 0 Å². The van der Waals surface area contributed by atoms with E-state index in [-0.39, 0.29) is 28.4 Å². The summed E-state index contributed by atoms with van der Waals surface area (Å²) in [5, 5.41) is 2.87. The van der Waals surface area contributed by atoms with Crippen molar-refractivity contribution in [3.63, 3.8) is 0 Å². The Kier molecular flexibility index (Phi) is 6.67. The number of thiophene rings is 1. The van der Waals surface area contributed by atoms with Gasteiger partial charge in [-0.15, -0.1) is 11.3 Å². The van der Waals surface area contributed by atoms with Crippen LogP contribution in [0.5, 0.6) is 0 Å². The molecule has 3 rings (SSSR count). The number of piperidine rings is 1. The third-order valence-electron chi connectivity index (χ3n) is 4.52. The Morgan fingerprint density at radius 1 is 1.26 bits per heavy atom. The molecule has 27 heavy (non-hydrogen) atoms. The van der Waals surface area contributed by atoms with Crippen molar-refractivity contribution < 1.29 is 17.6 Å². The van der Waals surface area contributed by atoms with E-state index < -0.39 is 10.0 Å². The normalized spacial score (nSPS) is 18.4. The minimum absolute atomic E-state index is 0.135. The van der Waals surface area contributed by atoms with Gasteiger partial charge in [-0.05, 0) is 65.0 Å². The number of hydrogen-bond acceptors (Lipinski definition) is 4. The van der Waals surface area contributed by atoms with Gasteiger partial charge >= 0.3 is 0 Å². The maximum Gasteiger partial charge on any atom is 0.252 e. The first-order valence-electron chi connectivity index (χ1n) is 8.64. The molecule has 1 amide bonds. The Bertz CT molecular complexity index is 900. The van der Waals surface area contributed by atoms with Gasteiger partial charge in [0.1, 0.15) is 10.0 Å². The van der Waals surface area contributed by atoms with Gasteiger partial charge in [-0.2, -0.15) is 4.31 Å². The lowest BCUT2D eigenvalue weighted by Crippen LogP contribution is -2.45. The van der Waals surface area contributed by atoms with Crippen molar-refractivity contribution in [2.45, 2.75) is 23.5 Å². The maximum absolute atomic E-state index is 12.9. The van der Waals surface area contributed by atoms with Gasteiger partial charge in [0.25, 0.3) is 10.0 Å². The van der Waals surface area contributed by atoms with Gasteiger partial charge in [-0.25, -0.2) is 12.8 Å². The zero-order chi connectivity index (χ0) is 19.4. The summed E-state index contributed by atoms with van der Waals surface area (Å²) >= 11 is 4.46. The van der Waals surface area contributed by atoms with Gasteiger partial charge in [0.05, 0.1) is 9.70 Å². The molecule has 1 aromatic carbocycles. The van der Waals surface area contributed by atoms with E-state index >= 15 is 0 Å². The molecule has 1 aliphatic rings. The molecule has 0 radical (unpaired) electrons. The van der Waals surface area contributed by atoms with Gasteiger partial charge in [0, 0.05) is 19.6 Å². The molecule has 5 nitrogen and oxygen atoms in total. The van der Waals surface area contributed by atoms with Crippen LogP contribution in [0, 0.1) is 11.7 Å². The number of nitrogens with zero attached hydrogens (tertiary/aromatic N) is 1. The lowest BCUT2D eigenvalue weighted by Gasteiger charge is -2.30. The number of carbonyl (C=O) groups is 1. The molecule has 0 aliphatic carbocycles. The van der Waals surface area contributed by atoms with E-state index in [1.54, 1.807) is 24.3 Å². The predicted molar refractivity (Wildman–Crippen MR) is 107 cm³/mol. The monoisotopic (exact) mass is 474 g/mol. The fraction of sp³-hybridized carbons (Fsp3) is 0.389. The van der Waals surface area contributed by atoms with E-state index in [0.717, 1.165) is 9.35 Å². The fourth-order valence-electron chi connectivity index (χ4n) is 3.06. The first-order chi connectivity index (χ1) is 12.9. The van der Waals surface area contributed by atoms with E-state index in [9.17, 15) is 17.6 Å². The van der Waals surface area contributed by atoms with Crippen LogP contribution in [0.15, 0.2) is 44.4 Å². The van der Waals surface area contributed by atoms with Gasteiger partial charge in [-0.3, -0.25) is 4.79 Å². The molecule has 1 aromatic heterocycles. The van der Waals surface area contributed by atoms with Crippen LogP contribution in [-0.4, -0.2) is 38.3 Å². The molecule has 9 heteroatoms. The van der Waals surface area contributed by atoms with Gasteiger partial charge < -0.3 is 5.32 Å². The smallest absolute Gasteiger partial charge is 0.252 e. The molecule has 2 aromatic rings. The van der Waals surface area contributed by atoms with Crippen molar-refractivity contribution >= 4 is 43.2 Å². The maximum atomic E-state index is 12.9. The number of benzene rings is 1. The molecule has 1 unspecified atom stereocenters. The predicted octanol–water partition coefficient (Wildman–Crippen LogP) is 3.41. The Labute approximate surface area is 170 Å². The Morgan fingerprint density at radius 2 is 2.00 bits per heavy atom. The number of hydrogen-bond donors (Lipinski definition) is 1. The van der Waals surface area contributed by atoms with Crippen molar-refractivity contribution in [3.8, 4) is 0 Å². The highest BCUT2D eigenvalue weighted by Crippen LogP contribution is 2.30. The van der Waals surface area contributed by atoms with Crippen molar-refractivity contribution in [3.05, 3.63) is 51.6 Å². The molecule has 1 aliphatic heterocycles. The van der Waals surface area contributed by atoms with Gasteiger partial charge in [0.15, 0.2) is 0 Å². The summed E-state index contributed by atoms with van der Waals surface area (Å²) in [5.74, 6) is -0.779. The molecule has 1 saturated heterocycles. The summed E-state index contributed by atoms with van der Waals surface area (Å²) in [6.07, 6.45) is 1.92. The van der Waals surface area contributed by atoms with E-state index in [1.165, 1.54) is 27.8 Å². The largest absolute Gasteiger partial charge is 0.355 e. The third kappa shape index (κ3) is 5.16. The zero-order valence-corrected chi connectivity index (χ0v) is 17.7. The Balaban J connectivity index is 1.55. The number of rotatable bonds is 6. The quantitative estimate of drug-likeness (QED) is 0.697. The van der Waals surface area contributed by atoms with Crippen LogP contribution in [0.3, 0.4) is 0 Å². The van der Waals surface area contributed by atoms with E-state index in [0.29, 0.717) is 32.4 Å². The summed E-state index contributed by atoms with van der Waals surface area (Å²) < 4.78 is 40.9. The number of sulfonamides is 1. The van der Waals surface area contributed by atoms with Gasteiger partial charge in [-0.1, -0.05) is 12.1 Å². The van der Waals surface area contributed by atoms with Crippen LogP contribution >= 0.6 is 27.3 Å². The van der Waals surface area contributed by atoms with Crippen LogP contribution in [-0.2, 0) is 21.2 Å². The topological polar surface area (TPSA) is 66.5 Å². The standard InChI is InChI=1S/C18H20BrFN2O3S2/c19-16-7-8-17(26-16)27(24,25)22-11-1-2-14(12-22)18(23)21-10-9-13-3-5-15(20)6-4-13/h3-8,14H,1-2,9-12H2,(H,21,23). The highest BCUT2D eigenvalue weighted by atomic mass is 79.9. The molecule has 2 heterocycles. The van der Waals surface area contributed by atoms with E-state index in [1.807, 2.05) is 0 Å². The lowest BCUT2D eigenvalue weighted by atomic mass is 9.99. The van der Waals surface area contributed by atoms with E-state index in [2.05, 4.69) is 21.2 Å². The highest BCUT2D eigenvalue weighted by molar-refractivity contribution is 9.11. The summed E-state index contributed by atoms with van der Waals surface area (Å²) in [5.41, 5.74) is 0.938. The third-order valence-corrected chi connectivity index (χ3v) is 8.48. The van der Waals surface area contributed by atoms with Crippen LogP contribution in [0.4, 0.5) is 4.39 Å². The van der Waals surface area contributed by atoms with Crippen LogP contribution in [0.25, 0.3) is 0 Å². The Hall–Kier alpha value is -1.29. The minimum Gasteiger partial charge on any atom is -0.355 e. The van der Waals surface area contributed by atoms with Gasteiger partial charge in [0.2, 0.25) is 5.91 Å². The van der Waals surface area contributed by atoms with Crippen molar-refractivity contribution in [2.24, 2.45) is 5.92 Å². The lowest BCUT2D eigenvalue weighted by molar-refractivity contribution is -0.126. The number of amides is 1. The first kappa shape index (κ1) is 20.4. The first-order valence-corrected chi connectivity index (χ1v) is 11.7. The van der Waals surface area contributed by atoms with Crippen molar-refractivity contribution in [1.82, 2.24) is 9.62 Å². The minimum atomic E-state index is -3.57. The molecule has 1 N–H and O–H groups in total. The molecule has 1 atom stereocenters. The molecule has 1 fully saturated rings. The average Bonchev–Trinajstić information content (AvgIpc) is 3.10. The second-order valence-electron chi connectivity index (χ2n) is 6.43. The molecule has 0 saturated carbocycles. The number of nitrogens with one attached hydrogen (secondary N) is 1. The second-order valence-corrected chi connectivity index (χ2v) is 11.1. The molecule has 0 bridgehead atoms. The molecule has 146 valence electrons. The number of halogens is 2. The van der Waals surface area contributed by atoms with Crippen LogP contribution < -0.4 is 5.32 Å². The number of carbonyl (C=O) groups excluding carboxylic acids is 1. The second kappa shape index (κ2) is 8.81. The highest BCUT2D eigenvalue weighted by Gasteiger charge is 2.33. The molecular formula is C18H20BrFN2O3S2. The summed E-state index contributed by atoms with van der Waals surface area (Å²) in [4.78, 5) is 12.5. The van der Waals surface area contributed by atoms with Crippen LogP contribution in [0.1, 0.15) is 18.4 Å². The molecule has 0 spiro atoms. The zero-order valence-electron chi connectivity index (χ0n) is 14.5. The van der Waals surface area contributed by atoms with E-state index in [4.69, 9.17) is 0 Å². The average molecular weight is 475 g/mol. The summed E-state index contributed by atoms with van der Waals surface area (Å²) in [7, 11) is -3.57. The van der Waals surface area contributed by atoms with Crippen molar-refractivity contribution in [1.29, 1.82) is 0 Å².